The summed E-state index contributed by atoms with van der Waals surface area (Å²) >= 11 is 0. The van der Waals surface area contributed by atoms with Crippen LogP contribution in [-0.2, 0) is 11.2 Å². The smallest absolute Gasteiger partial charge is 0.223 e. The summed E-state index contributed by atoms with van der Waals surface area (Å²) in [5.41, 5.74) is 2.65. The van der Waals surface area contributed by atoms with Crippen LogP contribution in [0.1, 0.15) is 37.7 Å². The Bertz CT molecular complexity index is 445. The molecule has 3 nitrogen and oxygen atoms in total. The predicted octanol–water partition coefficient (Wildman–Crippen LogP) is 2.75. The van der Waals surface area contributed by atoms with Gasteiger partial charge in [-0.15, -0.1) is 0 Å². The molecule has 0 radical (unpaired) electrons. The highest BCUT2D eigenvalue weighted by atomic mass is 16.2. The van der Waals surface area contributed by atoms with E-state index >= 15 is 0 Å². The number of nitrogens with one attached hydrogen (secondary N) is 1. The Morgan fingerprint density at radius 2 is 1.80 bits per heavy atom. The molecule has 1 aromatic rings. The molecule has 0 aromatic heterocycles. The monoisotopic (exact) mass is 272 g/mol. The van der Waals surface area contributed by atoms with Gasteiger partial charge in [0.15, 0.2) is 0 Å². The van der Waals surface area contributed by atoms with Gasteiger partial charge in [-0.25, -0.2) is 0 Å². The van der Waals surface area contributed by atoms with Gasteiger partial charge in [-0.2, -0.15) is 0 Å². The molecule has 108 valence electrons. The third-order valence-electron chi connectivity index (χ3n) is 4.32. The molecule has 2 fully saturated rings. The van der Waals surface area contributed by atoms with Gasteiger partial charge in [0.2, 0.25) is 5.91 Å². The van der Waals surface area contributed by atoms with Gasteiger partial charge in [0, 0.05) is 31.2 Å². The van der Waals surface area contributed by atoms with Gasteiger partial charge in [-0.05, 0) is 56.2 Å². The molecule has 20 heavy (non-hydrogen) atoms. The van der Waals surface area contributed by atoms with Gasteiger partial charge >= 0.3 is 0 Å². The van der Waals surface area contributed by atoms with Gasteiger partial charge in [-0.3, -0.25) is 4.79 Å². The average Bonchev–Trinajstić information content (AvgIpc) is 3.33. The molecule has 1 aromatic carbocycles. The van der Waals surface area contributed by atoms with Crippen LogP contribution >= 0.6 is 0 Å². The quantitative estimate of drug-likeness (QED) is 0.894. The number of hydrogen-bond donors (Lipinski definition) is 1. The van der Waals surface area contributed by atoms with Crippen LogP contribution in [0.15, 0.2) is 24.3 Å². The summed E-state index contributed by atoms with van der Waals surface area (Å²) < 4.78 is 0. The first-order chi connectivity index (χ1) is 9.83. The van der Waals surface area contributed by atoms with Crippen molar-refractivity contribution in [1.82, 2.24) is 5.32 Å². The Kier molecular flexibility index (Phi) is 4.24. The topological polar surface area (TPSA) is 32.3 Å². The Hall–Kier alpha value is -1.51. The summed E-state index contributed by atoms with van der Waals surface area (Å²) in [6, 6.07) is 8.85. The van der Waals surface area contributed by atoms with Crippen molar-refractivity contribution >= 4 is 11.6 Å². The fourth-order valence-corrected chi connectivity index (χ4v) is 2.85. The minimum Gasteiger partial charge on any atom is -0.372 e. The summed E-state index contributed by atoms with van der Waals surface area (Å²) in [5.74, 6) is 0.561. The highest BCUT2D eigenvalue weighted by Gasteiger charge is 2.28. The zero-order chi connectivity index (χ0) is 13.8. The van der Waals surface area contributed by atoms with Crippen molar-refractivity contribution in [1.29, 1.82) is 0 Å². The largest absolute Gasteiger partial charge is 0.372 e. The summed E-state index contributed by atoms with van der Waals surface area (Å²) in [6.07, 6.45) is 7.09. The minimum absolute atomic E-state index is 0.245. The van der Waals surface area contributed by atoms with Crippen LogP contribution in [-0.4, -0.2) is 25.5 Å². The molecule has 0 spiro atoms. The second kappa shape index (κ2) is 6.29. The Morgan fingerprint density at radius 1 is 1.10 bits per heavy atom. The molecule has 0 unspecified atom stereocenters. The number of nitrogens with zero attached hydrogens (tertiary/aromatic N) is 1. The molecule has 0 bridgehead atoms. The van der Waals surface area contributed by atoms with Crippen LogP contribution < -0.4 is 10.2 Å². The molecule has 1 aliphatic heterocycles. The minimum atomic E-state index is 0.245. The number of carbonyl (C=O) groups is 1. The van der Waals surface area contributed by atoms with Crippen molar-refractivity contribution in [2.45, 2.75) is 38.5 Å². The third kappa shape index (κ3) is 3.53. The summed E-state index contributed by atoms with van der Waals surface area (Å²) in [5, 5.41) is 3.02. The molecule has 1 N–H and O–H groups in total. The van der Waals surface area contributed by atoms with Gasteiger partial charge in [0.05, 0.1) is 0 Å². The maximum Gasteiger partial charge on any atom is 0.223 e. The maximum absolute atomic E-state index is 11.5. The first-order valence-corrected chi connectivity index (χ1v) is 7.94. The van der Waals surface area contributed by atoms with Crippen LogP contribution in [0.25, 0.3) is 0 Å². The van der Waals surface area contributed by atoms with E-state index in [1.807, 2.05) is 0 Å². The van der Waals surface area contributed by atoms with Gasteiger partial charge in [0.1, 0.15) is 0 Å². The second-order valence-electron chi connectivity index (χ2n) is 6.03. The van der Waals surface area contributed by atoms with Gasteiger partial charge in [0.25, 0.3) is 0 Å². The molecule has 1 saturated carbocycles. The molecule has 2 aliphatic rings. The van der Waals surface area contributed by atoms with Crippen molar-refractivity contribution < 1.29 is 4.79 Å². The van der Waals surface area contributed by atoms with Crippen molar-refractivity contribution in [2.75, 3.05) is 24.5 Å². The lowest BCUT2D eigenvalue weighted by Crippen LogP contribution is -2.29. The molecular weight excluding hydrogens is 248 g/mol. The lowest BCUT2D eigenvalue weighted by Gasteiger charge is -2.28. The van der Waals surface area contributed by atoms with E-state index in [1.54, 1.807) is 0 Å². The normalized spacial score (nSPS) is 18.9. The summed E-state index contributed by atoms with van der Waals surface area (Å²) in [6.45, 7) is 3.14. The van der Waals surface area contributed by atoms with E-state index in [4.69, 9.17) is 0 Å². The average molecular weight is 272 g/mol. The van der Waals surface area contributed by atoms with E-state index < -0.39 is 0 Å². The van der Waals surface area contributed by atoms with Crippen LogP contribution in [0, 0.1) is 5.92 Å². The van der Waals surface area contributed by atoms with Crippen LogP contribution in [0.3, 0.4) is 0 Å². The van der Waals surface area contributed by atoms with Crippen molar-refractivity contribution in [3.05, 3.63) is 29.8 Å². The first kappa shape index (κ1) is 13.5. The SMILES string of the molecule is O=C(NCCc1ccc(N2CCCCC2)cc1)C1CC1. The molecule has 0 atom stereocenters. The summed E-state index contributed by atoms with van der Waals surface area (Å²) in [7, 11) is 0. The lowest BCUT2D eigenvalue weighted by molar-refractivity contribution is -0.122. The number of hydrogen-bond acceptors (Lipinski definition) is 2. The van der Waals surface area contributed by atoms with Gasteiger partial charge < -0.3 is 10.2 Å². The number of rotatable bonds is 5. The molecule has 1 saturated heterocycles. The zero-order valence-corrected chi connectivity index (χ0v) is 12.1. The number of anilines is 1. The number of amides is 1. The van der Waals surface area contributed by atoms with E-state index in [-0.39, 0.29) is 5.91 Å². The maximum atomic E-state index is 11.5. The Morgan fingerprint density at radius 3 is 2.45 bits per heavy atom. The van der Waals surface area contributed by atoms with Crippen molar-refractivity contribution in [2.24, 2.45) is 5.92 Å². The molecule has 1 heterocycles. The molecule has 3 rings (SSSR count). The van der Waals surface area contributed by atoms with E-state index in [0.717, 1.165) is 25.8 Å². The fourth-order valence-electron chi connectivity index (χ4n) is 2.85. The zero-order valence-electron chi connectivity index (χ0n) is 12.1. The highest BCUT2D eigenvalue weighted by molar-refractivity contribution is 5.80. The Labute approximate surface area is 121 Å². The number of piperidine rings is 1. The molecule has 1 amide bonds. The highest BCUT2D eigenvalue weighted by Crippen LogP contribution is 2.28. The molecular formula is C17H24N2O. The lowest BCUT2D eigenvalue weighted by atomic mass is 10.1. The van der Waals surface area contributed by atoms with Crippen LogP contribution in [0.4, 0.5) is 5.69 Å². The molecule has 3 heteroatoms. The van der Waals surface area contributed by atoms with Crippen LogP contribution in [0.2, 0.25) is 0 Å². The van der Waals surface area contributed by atoms with Crippen molar-refractivity contribution in [3.63, 3.8) is 0 Å². The van der Waals surface area contributed by atoms with Crippen LogP contribution in [0.5, 0.6) is 0 Å². The van der Waals surface area contributed by atoms with E-state index in [2.05, 4.69) is 34.5 Å². The first-order valence-electron chi connectivity index (χ1n) is 7.94. The number of carbonyl (C=O) groups excluding carboxylic acids is 1. The predicted molar refractivity (Wildman–Crippen MR) is 81.9 cm³/mol. The van der Waals surface area contributed by atoms with E-state index in [9.17, 15) is 4.79 Å². The summed E-state index contributed by atoms with van der Waals surface area (Å²) in [4.78, 5) is 14.0. The standard InChI is InChI=1S/C17H24N2O/c20-17(15-6-7-15)18-11-10-14-4-8-16(9-5-14)19-12-2-1-3-13-19/h4-5,8-9,15H,1-3,6-7,10-13H2,(H,18,20). The van der Waals surface area contributed by atoms with Gasteiger partial charge in [-0.1, -0.05) is 12.1 Å². The van der Waals surface area contributed by atoms with E-state index in [1.165, 1.54) is 43.6 Å². The van der Waals surface area contributed by atoms with E-state index in [0.29, 0.717) is 5.92 Å². The number of benzene rings is 1. The molecule has 1 aliphatic carbocycles. The Balaban J connectivity index is 1.46. The fraction of sp³-hybridized carbons (Fsp3) is 0.588. The third-order valence-corrected chi connectivity index (χ3v) is 4.32. The second-order valence-corrected chi connectivity index (χ2v) is 6.03. The van der Waals surface area contributed by atoms with Crippen molar-refractivity contribution in [3.8, 4) is 0 Å².